The quantitative estimate of drug-likeness (QED) is 0.783. The Morgan fingerprint density at radius 2 is 2.11 bits per heavy atom. The summed E-state index contributed by atoms with van der Waals surface area (Å²) >= 11 is 0. The minimum atomic E-state index is -0.472. The van der Waals surface area contributed by atoms with Crippen LogP contribution in [0.4, 0.5) is 0 Å². The first-order valence-corrected chi connectivity index (χ1v) is 7.00. The molecule has 18 heavy (non-hydrogen) atoms. The Morgan fingerprint density at radius 3 is 2.67 bits per heavy atom. The number of nitrogens with two attached hydrogens (primary N) is 1. The summed E-state index contributed by atoms with van der Waals surface area (Å²) in [5.74, 6) is 0.719. The van der Waals surface area contributed by atoms with Gasteiger partial charge in [-0.1, -0.05) is 12.8 Å². The van der Waals surface area contributed by atoms with Gasteiger partial charge in [0.15, 0.2) is 0 Å². The molecule has 0 bridgehead atoms. The molecule has 0 aromatic rings. The lowest BCUT2D eigenvalue weighted by Crippen LogP contribution is -2.47. The van der Waals surface area contributed by atoms with Crippen molar-refractivity contribution in [3.05, 3.63) is 0 Å². The van der Waals surface area contributed by atoms with E-state index in [0.29, 0.717) is 18.4 Å². The summed E-state index contributed by atoms with van der Waals surface area (Å²) in [6, 6.07) is 0.325. The van der Waals surface area contributed by atoms with Gasteiger partial charge in [0, 0.05) is 19.5 Å². The SMILES string of the molecule is CN(C(=O)CCC1CCCC(N)C1)C(C)(C)CO. The highest BCUT2D eigenvalue weighted by molar-refractivity contribution is 5.76. The average Bonchev–Trinajstić information content (AvgIpc) is 2.35. The lowest BCUT2D eigenvalue weighted by Gasteiger charge is -2.34. The van der Waals surface area contributed by atoms with E-state index in [9.17, 15) is 9.90 Å². The van der Waals surface area contributed by atoms with E-state index >= 15 is 0 Å². The van der Waals surface area contributed by atoms with Crippen LogP contribution in [0.15, 0.2) is 0 Å². The molecule has 106 valence electrons. The van der Waals surface area contributed by atoms with E-state index in [0.717, 1.165) is 19.3 Å². The van der Waals surface area contributed by atoms with Gasteiger partial charge in [-0.2, -0.15) is 0 Å². The van der Waals surface area contributed by atoms with Gasteiger partial charge in [0.05, 0.1) is 12.1 Å². The largest absolute Gasteiger partial charge is 0.394 e. The highest BCUT2D eigenvalue weighted by atomic mass is 16.3. The van der Waals surface area contributed by atoms with Crippen molar-refractivity contribution in [3.63, 3.8) is 0 Å². The fraction of sp³-hybridized carbons (Fsp3) is 0.929. The van der Waals surface area contributed by atoms with Crippen molar-refractivity contribution in [3.8, 4) is 0 Å². The summed E-state index contributed by atoms with van der Waals surface area (Å²) in [6.07, 6.45) is 6.07. The van der Waals surface area contributed by atoms with Crippen LogP contribution >= 0.6 is 0 Å². The maximum Gasteiger partial charge on any atom is 0.222 e. The molecule has 2 atom stereocenters. The van der Waals surface area contributed by atoms with Crippen molar-refractivity contribution in [1.29, 1.82) is 0 Å². The second kappa shape index (κ2) is 6.53. The Morgan fingerprint density at radius 1 is 1.44 bits per heavy atom. The Balaban J connectivity index is 2.36. The standard InChI is InChI=1S/C14H28N2O2/c1-14(2,10-17)16(3)13(18)8-7-11-5-4-6-12(15)9-11/h11-12,17H,4-10,15H2,1-3H3. The van der Waals surface area contributed by atoms with Crippen LogP contribution in [-0.4, -0.2) is 41.1 Å². The molecule has 0 aromatic carbocycles. The Labute approximate surface area is 111 Å². The first kappa shape index (κ1) is 15.4. The van der Waals surface area contributed by atoms with Gasteiger partial charge in [-0.15, -0.1) is 0 Å². The Kier molecular flexibility index (Phi) is 5.60. The van der Waals surface area contributed by atoms with E-state index in [2.05, 4.69) is 0 Å². The molecule has 1 aliphatic rings. The van der Waals surface area contributed by atoms with Gasteiger partial charge < -0.3 is 15.7 Å². The molecule has 1 amide bonds. The number of hydrogen-bond acceptors (Lipinski definition) is 3. The monoisotopic (exact) mass is 256 g/mol. The fourth-order valence-electron chi connectivity index (χ4n) is 2.53. The van der Waals surface area contributed by atoms with Crippen LogP contribution < -0.4 is 5.73 Å². The highest BCUT2D eigenvalue weighted by Gasteiger charge is 2.27. The predicted molar refractivity (Wildman–Crippen MR) is 73.1 cm³/mol. The van der Waals surface area contributed by atoms with Crippen LogP contribution in [-0.2, 0) is 4.79 Å². The number of carbonyl (C=O) groups excluding carboxylic acids is 1. The van der Waals surface area contributed by atoms with Gasteiger partial charge in [0.1, 0.15) is 0 Å². The first-order chi connectivity index (χ1) is 8.36. The zero-order valence-electron chi connectivity index (χ0n) is 12.0. The smallest absolute Gasteiger partial charge is 0.222 e. The fourth-order valence-corrected chi connectivity index (χ4v) is 2.53. The summed E-state index contributed by atoms with van der Waals surface area (Å²) in [7, 11) is 1.77. The van der Waals surface area contributed by atoms with Gasteiger partial charge in [-0.25, -0.2) is 0 Å². The lowest BCUT2D eigenvalue weighted by atomic mass is 9.83. The van der Waals surface area contributed by atoms with Crippen molar-refractivity contribution in [1.82, 2.24) is 4.90 Å². The van der Waals surface area contributed by atoms with E-state index in [1.165, 1.54) is 12.8 Å². The van der Waals surface area contributed by atoms with Crippen LogP contribution in [0.5, 0.6) is 0 Å². The zero-order valence-corrected chi connectivity index (χ0v) is 12.0. The van der Waals surface area contributed by atoms with Gasteiger partial charge >= 0.3 is 0 Å². The van der Waals surface area contributed by atoms with Crippen LogP contribution in [0, 0.1) is 5.92 Å². The third kappa shape index (κ3) is 4.25. The minimum absolute atomic E-state index is 0.0104. The molecule has 0 radical (unpaired) electrons. The van der Waals surface area contributed by atoms with Crippen molar-refractivity contribution in [2.75, 3.05) is 13.7 Å². The van der Waals surface area contributed by atoms with E-state index in [4.69, 9.17) is 5.73 Å². The highest BCUT2D eigenvalue weighted by Crippen LogP contribution is 2.27. The number of amides is 1. The summed E-state index contributed by atoms with van der Waals surface area (Å²) < 4.78 is 0. The Bertz CT molecular complexity index is 279. The molecule has 1 saturated carbocycles. The second-order valence-corrected chi connectivity index (χ2v) is 6.25. The molecular weight excluding hydrogens is 228 g/mol. The number of hydrogen-bond donors (Lipinski definition) is 2. The summed E-state index contributed by atoms with van der Waals surface area (Å²) in [5.41, 5.74) is 5.48. The predicted octanol–water partition coefficient (Wildman–Crippen LogP) is 1.51. The van der Waals surface area contributed by atoms with E-state index in [1.807, 2.05) is 13.8 Å². The molecular formula is C14H28N2O2. The molecule has 0 aliphatic heterocycles. The first-order valence-electron chi connectivity index (χ1n) is 7.00. The maximum atomic E-state index is 12.1. The van der Waals surface area contributed by atoms with Crippen LogP contribution in [0.1, 0.15) is 52.4 Å². The number of aliphatic hydroxyl groups is 1. The second-order valence-electron chi connectivity index (χ2n) is 6.25. The molecule has 1 rings (SSSR count). The normalized spacial score (nSPS) is 24.9. The number of rotatable bonds is 5. The van der Waals surface area contributed by atoms with Crippen LogP contribution in [0.25, 0.3) is 0 Å². The Hall–Kier alpha value is -0.610. The van der Waals surface area contributed by atoms with Crippen molar-refractivity contribution in [2.24, 2.45) is 11.7 Å². The topological polar surface area (TPSA) is 66.6 Å². The zero-order chi connectivity index (χ0) is 13.8. The van der Waals surface area contributed by atoms with Crippen molar-refractivity contribution >= 4 is 5.91 Å². The molecule has 0 aromatic heterocycles. The molecule has 2 unspecified atom stereocenters. The molecule has 3 N–H and O–H groups in total. The number of nitrogens with zero attached hydrogens (tertiary/aromatic N) is 1. The summed E-state index contributed by atoms with van der Waals surface area (Å²) in [4.78, 5) is 13.7. The van der Waals surface area contributed by atoms with Crippen LogP contribution in [0.2, 0.25) is 0 Å². The lowest BCUT2D eigenvalue weighted by molar-refractivity contribution is -0.136. The maximum absolute atomic E-state index is 12.1. The number of aliphatic hydroxyl groups excluding tert-OH is 1. The van der Waals surface area contributed by atoms with Gasteiger partial charge in [-0.3, -0.25) is 4.79 Å². The van der Waals surface area contributed by atoms with E-state index in [1.54, 1.807) is 11.9 Å². The third-order valence-electron chi connectivity index (χ3n) is 4.26. The minimum Gasteiger partial charge on any atom is -0.394 e. The van der Waals surface area contributed by atoms with Crippen LogP contribution in [0.3, 0.4) is 0 Å². The van der Waals surface area contributed by atoms with Gasteiger partial charge in [0.2, 0.25) is 5.91 Å². The molecule has 0 saturated heterocycles. The summed E-state index contributed by atoms with van der Waals surface area (Å²) in [5, 5.41) is 9.25. The van der Waals surface area contributed by atoms with Crippen molar-refractivity contribution in [2.45, 2.75) is 64.0 Å². The number of likely N-dealkylation sites (N-methyl/N-ethyl adjacent to an activating group) is 1. The van der Waals surface area contributed by atoms with Gasteiger partial charge in [0.25, 0.3) is 0 Å². The molecule has 0 spiro atoms. The molecule has 0 heterocycles. The molecule has 1 fully saturated rings. The number of carbonyl (C=O) groups is 1. The van der Waals surface area contributed by atoms with Gasteiger partial charge in [-0.05, 0) is 39.0 Å². The third-order valence-corrected chi connectivity index (χ3v) is 4.26. The van der Waals surface area contributed by atoms with Crippen molar-refractivity contribution < 1.29 is 9.90 Å². The average molecular weight is 256 g/mol. The molecule has 1 aliphatic carbocycles. The van der Waals surface area contributed by atoms with E-state index < -0.39 is 5.54 Å². The van der Waals surface area contributed by atoms with E-state index in [-0.39, 0.29) is 12.5 Å². The molecule has 4 nitrogen and oxygen atoms in total. The summed E-state index contributed by atoms with van der Waals surface area (Å²) in [6.45, 7) is 3.74. The molecule has 4 heteroatoms.